The summed E-state index contributed by atoms with van der Waals surface area (Å²) in [6.45, 7) is 8.76. The molecule has 0 saturated heterocycles. The topological polar surface area (TPSA) is 37.4 Å². The minimum absolute atomic E-state index is 0.212. The maximum Gasteiger partial charge on any atom is 0.257 e. The van der Waals surface area contributed by atoms with Crippen molar-refractivity contribution in [3.05, 3.63) is 25.3 Å². The van der Waals surface area contributed by atoms with Crippen LogP contribution in [0.5, 0.6) is 0 Å². The molecule has 0 aliphatic carbocycles. The molecule has 4 nitrogen and oxygen atoms in total. The zero-order valence-electron chi connectivity index (χ0n) is 10.6. The summed E-state index contributed by atoms with van der Waals surface area (Å²) in [7, 11) is 5.82. The number of carbonyl (C=O) groups excluding carboxylic acids is 2. The smallest absolute Gasteiger partial charge is 0.257 e. The largest absolute Gasteiger partial charge is 0.311 e. The molecule has 16 heavy (non-hydrogen) atoms. The zero-order valence-corrected chi connectivity index (χ0v) is 10.6. The van der Waals surface area contributed by atoms with Crippen LogP contribution in [0.25, 0.3) is 0 Å². The van der Waals surface area contributed by atoms with Crippen molar-refractivity contribution in [2.75, 3.05) is 21.1 Å². The lowest BCUT2D eigenvalue weighted by Gasteiger charge is -2.38. The van der Waals surface area contributed by atoms with Crippen LogP contribution in [0.4, 0.5) is 0 Å². The molecule has 90 valence electrons. The van der Waals surface area contributed by atoms with Gasteiger partial charge in [0.25, 0.3) is 11.8 Å². The van der Waals surface area contributed by atoms with Gasteiger partial charge in [0, 0.05) is 6.42 Å². The number of amides is 2. The van der Waals surface area contributed by atoms with Crippen LogP contribution in [0.1, 0.15) is 13.3 Å². The van der Waals surface area contributed by atoms with E-state index < -0.39 is 0 Å². The molecular weight excluding hydrogens is 204 g/mol. The first kappa shape index (κ1) is 14.6. The molecule has 0 spiro atoms. The highest BCUT2D eigenvalue weighted by molar-refractivity contribution is 6.04. The number of nitrogens with zero attached hydrogens (tertiary/aromatic N) is 2. The summed E-state index contributed by atoms with van der Waals surface area (Å²) in [5.41, 5.74) is 0. The van der Waals surface area contributed by atoms with E-state index in [9.17, 15) is 9.59 Å². The average molecular weight is 225 g/mol. The van der Waals surface area contributed by atoms with E-state index in [1.54, 1.807) is 0 Å². The summed E-state index contributed by atoms with van der Waals surface area (Å²) in [4.78, 5) is 24.6. The molecular formula is C12H21N2O2+. The lowest BCUT2D eigenvalue weighted by Crippen LogP contribution is -2.58. The minimum atomic E-state index is -0.384. The van der Waals surface area contributed by atoms with Gasteiger partial charge < -0.3 is 4.48 Å². The van der Waals surface area contributed by atoms with Crippen molar-refractivity contribution >= 4 is 11.8 Å². The van der Waals surface area contributed by atoms with Crippen LogP contribution in [0.2, 0.25) is 0 Å². The SMILES string of the molecule is C=CC(=O)N(C(=O)C=C)C(CC)[N+](C)(C)C. The third-order valence-electron chi connectivity index (χ3n) is 2.38. The molecule has 0 aromatic rings. The summed E-state index contributed by atoms with van der Waals surface area (Å²) in [6, 6.07) is 0. The number of hydrogen-bond donors (Lipinski definition) is 0. The summed E-state index contributed by atoms with van der Waals surface area (Å²) in [5.74, 6) is -0.769. The quantitative estimate of drug-likeness (QED) is 0.400. The van der Waals surface area contributed by atoms with Gasteiger partial charge >= 0.3 is 0 Å². The molecule has 1 unspecified atom stereocenters. The highest BCUT2D eigenvalue weighted by atomic mass is 16.2. The predicted molar refractivity (Wildman–Crippen MR) is 64.4 cm³/mol. The average Bonchev–Trinajstić information content (AvgIpc) is 2.21. The Morgan fingerprint density at radius 2 is 1.56 bits per heavy atom. The fourth-order valence-electron chi connectivity index (χ4n) is 1.68. The molecule has 4 heteroatoms. The molecule has 0 bridgehead atoms. The maximum absolute atomic E-state index is 11.7. The Hall–Kier alpha value is -1.42. The fraction of sp³-hybridized carbons (Fsp3) is 0.500. The number of quaternary nitrogens is 1. The number of hydrogen-bond acceptors (Lipinski definition) is 2. The lowest BCUT2D eigenvalue weighted by molar-refractivity contribution is -0.905. The van der Waals surface area contributed by atoms with Gasteiger partial charge in [0.15, 0.2) is 6.17 Å². The Morgan fingerprint density at radius 1 is 1.19 bits per heavy atom. The predicted octanol–water partition coefficient (Wildman–Crippen LogP) is 1.16. The van der Waals surface area contributed by atoms with Gasteiger partial charge in [-0.1, -0.05) is 20.1 Å². The molecule has 0 aromatic heterocycles. The monoisotopic (exact) mass is 225 g/mol. The van der Waals surface area contributed by atoms with Crippen LogP contribution in [0, 0.1) is 0 Å². The van der Waals surface area contributed by atoms with Crippen LogP contribution in [0.15, 0.2) is 25.3 Å². The second-order valence-electron chi connectivity index (χ2n) is 4.46. The first-order chi connectivity index (χ1) is 7.29. The van der Waals surface area contributed by atoms with Crippen LogP contribution in [-0.2, 0) is 9.59 Å². The van der Waals surface area contributed by atoms with Crippen molar-refractivity contribution < 1.29 is 14.1 Å². The van der Waals surface area contributed by atoms with E-state index in [-0.39, 0.29) is 18.0 Å². The molecule has 2 amide bonds. The molecule has 0 rings (SSSR count). The Labute approximate surface area is 97.4 Å². The Balaban J connectivity index is 5.30. The molecule has 0 saturated carbocycles. The first-order valence-electron chi connectivity index (χ1n) is 5.22. The van der Waals surface area contributed by atoms with Gasteiger partial charge in [0.2, 0.25) is 0 Å². The van der Waals surface area contributed by atoms with Gasteiger partial charge in [-0.2, -0.15) is 0 Å². The maximum atomic E-state index is 11.7. The van der Waals surface area contributed by atoms with E-state index in [4.69, 9.17) is 0 Å². The molecule has 0 radical (unpaired) electrons. The Kier molecular flexibility index (Phi) is 5.11. The standard InChI is InChI=1S/C12H21N2O2/c1-7-10(14(4,5)6)13(11(15)8-2)12(16)9-3/h8-10H,2-3,7H2,1,4-6H3/q+1. The number of rotatable bonds is 5. The second kappa shape index (κ2) is 5.61. The van der Waals surface area contributed by atoms with E-state index in [0.717, 1.165) is 12.2 Å². The normalized spacial score (nSPS) is 12.8. The Bertz CT molecular complexity index is 283. The van der Waals surface area contributed by atoms with Crippen LogP contribution in [0.3, 0.4) is 0 Å². The van der Waals surface area contributed by atoms with Crippen molar-refractivity contribution in [2.45, 2.75) is 19.5 Å². The van der Waals surface area contributed by atoms with Gasteiger partial charge in [0.1, 0.15) is 0 Å². The summed E-state index contributed by atoms with van der Waals surface area (Å²) >= 11 is 0. The molecule has 0 aliphatic rings. The number of carbonyl (C=O) groups is 2. The summed E-state index contributed by atoms with van der Waals surface area (Å²) in [5, 5.41) is 0. The van der Waals surface area contributed by atoms with Crippen LogP contribution >= 0.6 is 0 Å². The fourth-order valence-corrected chi connectivity index (χ4v) is 1.68. The Morgan fingerprint density at radius 3 is 1.75 bits per heavy atom. The zero-order chi connectivity index (χ0) is 12.9. The van der Waals surface area contributed by atoms with Gasteiger partial charge in [-0.15, -0.1) is 0 Å². The molecule has 0 fully saturated rings. The van der Waals surface area contributed by atoms with Crippen LogP contribution < -0.4 is 0 Å². The highest BCUT2D eigenvalue weighted by Crippen LogP contribution is 2.14. The number of imide groups is 1. The van der Waals surface area contributed by atoms with Crippen molar-refractivity contribution in [3.8, 4) is 0 Å². The van der Waals surface area contributed by atoms with Crippen molar-refractivity contribution in [2.24, 2.45) is 0 Å². The van der Waals surface area contributed by atoms with E-state index in [1.807, 2.05) is 28.1 Å². The first-order valence-corrected chi connectivity index (χ1v) is 5.22. The third kappa shape index (κ3) is 3.31. The highest BCUT2D eigenvalue weighted by Gasteiger charge is 2.34. The van der Waals surface area contributed by atoms with Gasteiger partial charge in [0.05, 0.1) is 21.1 Å². The lowest BCUT2D eigenvalue weighted by atomic mass is 10.2. The minimum Gasteiger partial charge on any atom is -0.311 e. The molecule has 0 heterocycles. The van der Waals surface area contributed by atoms with E-state index in [2.05, 4.69) is 13.2 Å². The second-order valence-corrected chi connectivity index (χ2v) is 4.46. The molecule has 0 aliphatic heterocycles. The van der Waals surface area contributed by atoms with Crippen molar-refractivity contribution in [1.82, 2.24) is 4.90 Å². The van der Waals surface area contributed by atoms with Crippen molar-refractivity contribution in [3.63, 3.8) is 0 Å². The molecule has 0 N–H and O–H groups in total. The third-order valence-corrected chi connectivity index (χ3v) is 2.38. The summed E-state index contributed by atoms with van der Waals surface area (Å²) < 4.78 is 0.496. The van der Waals surface area contributed by atoms with Crippen LogP contribution in [-0.4, -0.2) is 48.5 Å². The van der Waals surface area contributed by atoms with Gasteiger partial charge in [-0.25, -0.2) is 4.90 Å². The van der Waals surface area contributed by atoms with Gasteiger partial charge in [-0.05, 0) is 12.2 Å². The van der Waals surface area contributed by atoms with E-state index in [0.29, 0.717) is 10.9 Å². The molecule has 1 atom stereocenters. The van der Waals surface area contributed by atoms with E-state index >= 15 is 0 Å². The van der Waals surface area contributed by atoms with Gasteiger partial charge in [-0.3, -0.25) is 9.59 Å². The van der Waals surface area contributed by atoms with E-state index in [1.165, 1.54) is 4.90 Å². The summed E-state index contributed by atoms with van der Waals surface area (Å²) in [6.07, 6.45) is 2.78. The molecule has 0 aromatic carbocycles. The van der Waals surface area contributed by atoms with Crippen molar-refractivity contribution in [1.29, 1.82) is 0 Å².